The molecular formula is C13H12N2O2S3. The lowest BCUT2D eigenvalue weighted by Crippen LogP contribution is -2.25. The van der Waals surface area contributed by atoms with Crippen LogP contribution < -0.4 is 0 Å². The number of rotatable bonds is 4. The van der Waals surface area contributed by atoms with Crippen LogP contribution in [0.2, 0.25) is 0 Å². The van der Waals surface area contributed by atoms with E-state index in [1.165, 1.54) is 27.0 Å². The Balaban J connectivity index is 1.87. The maximum Gasteiger partial charge on any atom is 0.252 e. The number of fused-ring (bicyclic) bond motifs is 1. The smallest absolute Gasteiger partial charge is 0.240 e. The molecule has 0 radical (unpaired) electrons. The summed E-state index contributed by atoms with van der Waals surface area (Å²) in [5.74, 6) is 0. The zero-order valence-electron chi connectivity index (χ0n) is 10.7. The second kappa shape index (κ2) is 5.25. The van der Waals surface area contributed by atoms with Crippen LogP contribution in [-0.4, -0.2) is 24.8 Å². The number of para-hydroxylation sites is 1. The fourth-order valence-electron chi connectivity index (χ4n) is 1.83. The first-order chi connectivity index (χ1) is 9.57. The highest BCUT2D eigenvalue weighted by molar-refractivity contribution is 7.91. The lowest BCUT2D eigenvalue weighted by molar-refractivity contribution is 0.468. The molecule has 104 valence electrons. The van der Waals surface area contributed by atoms with Gasteiger partial charge in [0.2, 0.25) is 0 Å². The lowest BCUT2D eigenvalue weighted by atomic mass is 10.3. The maximum atomic E-state index is 12.3. The van der Waals surface area contributed by atoms with E-state index in [-0.39, 0.29) is 0 Å². The van der Waals surface area contributed by atoms with Gasteiger partial charge in [-0.15, -0.1) is 22.7 Å². The Morgan fingerprint density at radius 2 is 2.00 bits per heavy atom. The molecule has 0 N–H and O–H groups in total. The third-order valence-corrected chi connectivity index (χ3v) is 7.05. The Kier molecular flexibility index (Phi) is 3.59. The molecule has 1 aromatic carbocycles. The average molecular weight is 324 g/mol. The van der Waals surface area contributed by atoms with Crippen LogP contribution in [-0.2, 0) is 16.6 Å². The summed E-state index contributed by atoms with van der Waals surface area (Å²) < 4.78 is 27.4. The van der Waals surface area contributed by atoms with E-state index in [1.54, 1.807) is 24.6 Å². The van der Waals surface area contributed by atoms with E-state index >= 15 is 0 Å². The van der Waals surface area contributed by atoms with Crippen LogP contribution in [0.4, 0.5) is 0 Å². The van der Waals surface area contributed by atoms with Crippen LogP contribution in [0.5, 0.6) is 0 Å². The summed E-state index contributed by atoms with van der Waals surface area (Å²) in [6, 6.07) is 11.2. The first-order valence-corrected chi connectivity index (χ1v) is 9.05. The van der Waals surface area contributed by atoms with E-state index in [1.807, 2.05) is 24.3 Å². The van der Waals surface area contributed by atoms with Gasteiger partial charge in [0.15, 0.2) is 0 Å². The van der Waals surface area contributed by atoms with Gasteiger partial charge in [-0.2, -0.15) is 4.31 Å². The minimum absolute atomic E-state index is 0.291. The van der Waals surface area contributed by atoms with Crippen LogP contribution in [0.3, 0.4) is 0 Å². The maximum absolute atomic E-state index is 12.3. The Labute approximate surface area is 125 Å². The van der Waals surface area contributed by atoms with Crippen molar-refractivity contribution >= 4 is 42.9 Å². The monoisotopic (exact) mass is 324 g/mol. The van der Waals surface area contributed by atoms with E-state index in [0.29, 0.717) is 10.8 Å². The Hall–Kier alpha value is -1.28. The molecule has 0 saturated carbocycles. The van der Waals surface area contributed by atoms with Gasteiger partial charge in [0.25, 0.3) is 10.0 Å². The van der Waals surface area contributed by atoms with E-state index in [4.69, 9.17) is 0 Å². The third kappa shape index (κ3) is 2.49. The molecule has 2 heterocycles. The topological polar surface area (TPSA) is 50.3 Å². The third-order valence-electron chi connectivity index (χ3n) is 2.86. The molecule has 0 aliphatic rings. The highest BCUT2D eigenvalue weighted by atomic mass is 32.2. The second-order valence-electron chi connectivity index (χ2n) is 4.27. The molecule has 0 unspecified atom stereocenters. The van der Waals surface area contributed by atoms with Gasteiger partial charge in [-0.25, -0.2) is 13.4 Å². The summed E-state index contributed by atoms with van der Waals surface area (Å²) in [6.45, 7) is 0.291. The zero-order chi connectivity index (χ0) is 14.2. The summed E-state index contributed by atoms with van der Waals surface area (Å²) in [5.41, 5.74) is 0.912. The van der Waals surface area contributed by atoms with Crippen molar-refractivity contribution in [3.05, 3.63) is 46.8 Å². The summed E-state index contributed by atoms with van der Waals surface area (Å²) in [6.07, 6.45) is 0. The van der Waals surface area contributed by atoms with E-state index in [2.05, 4.69) is 4.98 Å². The molecule has 0 amide bonds. The normalized spacial score (nSPS) is 12.3. The van der Waals surface area contributed by atoms with Gasteiger partial charge in [-0.3, -0.25) is 0 Å². The summed E-state index contributed by atoms with van der Waals surface area (Å²) in [7, 11) is -1.83. The number of nitrogens with zero attached hydrogens (tertiary/aromatic N) is 2. The lowest BCUT2D eigenvalue weighted by Gasteiger charge is -2.14. The predicted molar refractivity (Wildman–Crippen MR) is 82.6 cm³/mol. The standard InChI is InChI=1S/C13H12N2O2S3/c1-15(20(16,17)13-7-4-8-18-13)9-12-14-10-5-2-3-6-11(10)19-12/h2-8H,9H2,1H3. The highest BCUT2D eigenvalue weighted by Gasteiger charge is 2.22. The SMILES string of the molecule is CN(Cc1nc2ccccc2s1)S(=O)(=O)c1cccs1. The fourth-order valence-corrected chi connectivity index (χ4v) is 5.26. The van der Waals surface area contributed by atoms with Crippen LogP contribution in [0.15, 0.2) is 46.0 Å². The number of thiazole rings is 1. The molecule has 2 aromatic heterocycles. The molecule has 0 bridgehead atoms. The Bertz CT molecular complexity index is 789. The first-order valence-electron chi connectivity index (χ1n) is 5.92. The number of hydrogen-bond acceptors (Lipinski definition) is 5. The van der Waals surface area contributed by atoms with Gasteiger partial charge >= 0.3 is 0 Å². The van der Waals surface area contributed by atoms with Gasteiger partial charge in [0.05, 0.1) is 16.8 Å². The molecule has 4 nitrogen and oxygen atoms in total. The first kappa shape index (κ1) is 13.7. The minimum Gasteiger partial charge on any atom is -0.240 e. The molecule has 7 heteroatoms. The van der Waals surface area contributed by atoms with Gasteiger partial charge < -0.3 is 0 Å². The van der Waals surface area contributed by atoms with Crippen LogP contribution in [0, 0.1) is 0 Å². The predicted octanol–water partition coefficient (Wildman–Crippen LogP) is 3.18. The van der Waals surface area contributed by atoms with Crippen LogP contribution >= 0.6 is 22.7 Å². The molecule has 20 heavy (non-hydrogen) atoms. The van der Waals surface area contributed by atoms with Crippen molar-refractivity contribution in [1.82, 2.24) is 9.29 Å². The van der Waals surface area contributed by atoms with Crippen LogP contribution in [0.1, 0.15) is 5.01 Å². The Morgan fingerprint density at radius 3 is 2.70 bits per heavy atom. The summed E-state index contributed by atoms with van der Waals surface area (Å²) >= 11 is 2.75. The van der Waals surface area contributed by atoms with Crippen molar-refractivity contribution in [2.75, 3.05) is 7.05 Å². The zero-order valence-corrected chi connectivity index (χ0v) is 13.1. The molecule has 0 fully saturated rings. The summed E-state index contributed by atoms with van der Waals surface area (Å²) in [4.78, 5) is 4.46. The van der Waals surface area contributed by atoms with Crippen molar-refractivity contribution in [2.45, 2.75) is 10.8 Å². The van der Waals surface area contributed by atoms with E-state index in [9.17, 15) is 8.42 Å². The van der Waals surface area contributed by atoms with Crippen molar-refractivity contribution < 1.29 is 8.42 Å². The number of sulfonamides is 1. The number of thiophene rings is 1. The van der Waals surface area contributed by atoms with E-state index in [0.717, 1.165) is 15.2 Å². The highest BCUT2D eigenvalue weighted by Crippen LogP contribution is 2.25. The van der Waals surface area contributed by atoms with Crippen LogP contribution in [0.25, 0.3) is 10.2 Å². The number of aromatic nitrogens is 1. The van der Waals surface area contributed by atoms with Gasteiger partial charge in [0.1, 0.15) is 9.22 Å². The Morgan fingerprint density at radius 1 is 1.20 bits per heavy atom. The van der Waals surface area contributed by atoms with Crippen molar-refractivity contribution in [3.63, 3.8) is 0 Å². The van der Waals surface area contributed by atoms with Gasteiger partial charge in [-0.1, -0.05) is 18.2 Å². The minimum atomic E-state index is -3.41. The molecule has 0 aliphatic heterocycles. The quantitative estimate of drug-likeness (QED) is 0.740. The average Bonchev–Trinajstić information content (AvgIpc) is 3.07. The van der Waals surface area contributed by atoms with Crippen molar-refractivity contribution in [1.29, 1.82) is 0 Å². The van der Waals surface area contributed by atoms with E-state index < -0.39 is 10.0 Å². The van der Waals surface area contributed by atoms with Crippen molar-refractivity contribution in [2.24, 2.45) is 0 Å². The van der Waals surface area contributed by atoms with Gasteiger partial charge in [0, 0.05) is 7.05 Å². The molecule has 3 aromatic rings. The molecular weight excluding hydrogens is 312 g/mol. The summed E-state index contributed by atoms with van der Waals surface area (Å²) in [5, 5.41) is 2.56. The number of hydrogen-bond donors (Lipinski definition) is 0. The fraction of sp³-hybridized carbons (Fsp3) is 0.154. The van der Waals surface area contributed by atoms with Crippen molar-refractivity contribution in [3.8, 4) is 0 Å². The largest absolute Gasteiger partial charge is 0.252 e. The molecule has 0 spiro atoms. The second-order valence-corrected chi connectivity index (χ2v) is 8.60. The molecule has 0 aliphatic carbocycles. The van der Waals surface area contributed by atoms with Gasteiger partial charge in [-0.05, 0) is 23.6 Å². The molecule has 0 saturated heterocycles. The molecule has 0 atom stereocenters. The number of benzene rings is 1. The molecule has 3 rings (SSSR count).